The Kier molecular flexibility index (Phi) is 11.2. The molecule has 8 nitrogen and oxygen atoms in total. The molecule has 0 aromatic heterocycles. The van der Waals surface area contributed by atoms with Crippen molar-refractivity contribution in [2.75, 3.05) is 27.2 Å². The van der Waals surface area contributed by atoms with Crippen LogP contribution in [0.3, 0.4) is 0 Å². The largest absolute Gasteiger partial charge is 0.497 e. The van der Waals surface area contributed by atoms with Gasteiger partial charge in [0.15, 0.2) is 0 Å². The van der Waals surface area contributed by atoms with Gasteiger partial charge < -0.3 is 15.0 Å². The summed E-state index contributed by atoms with van der Waals surface area (Å²) >= 11 is 0. The molecule has 0 radical (unpaired) electrons. The molecule has 1 N–H and O–H groups in total. The highest BCUT2D eigenvalue weighted by atomic mass is 32.2. The standard InChI is InChI=1S/C26H37N3O5S/c1-5-17-27-26(31)24(6-2)29(20-21-12-10-13-22(19-21)34-4)25(30)16-11-18-28(3)35(32,33)23-14-8-7-9-15-23/h7-10,12-15,19,24H,5-6,11,16-18,20H2,1-4H3,(H,27,31)/t24-/m0/s1. The molecule has 2 aromatic rings. The number of ether oxygens (including phenoxy) is 1. The number of benzene rings is 2. The third-order valence-corrected chi connectivity index (χ3v) is 7.61. The maximum absolute atomic E-state index is 13.3. The third kappa shape index (κ3) is 8.07. The molecule has 35 heavy (non-hydrogen) atoms. The van der Waals surface area contributed by atoms with E-state index in [1.165, 1.54) is 11.4 Å². The highest BCUT2D eigenvalue weighted by Crippen LogP contribution is 2.19. The number of rotatable bonds is 14. The lowest BCUT2D eigenvalue weighted by atomic mass is 10.1. The van der Waals surface area contributed by atoms with Crippen LogP contribution in [0.15, 0.2) is 59.5 Å². The maximum atomic E-state index is 13.3. The Morgan fingerprint density at radius 2 is 1.77 bits per heavy atom. The normalized spacial score (nSPS) is 12.3. The lowest BCUT2D eigenvalue weighted by molar-refractivity contribution is -0.141. The summed E-state index contributed by atoms with van der Waals surface area (Å²) in [6, 6.07) is 15.0. The number of nitrogens with one attached hydrogen (secondary N) is 1. The van der Waals surface area contributed by atoms with E-state index in [1.807, 2.05) is 38.1 Å². The van der Waals surface area contributed by atoms with Crippen LogP contribution in [0.5, 0.6) is 5.75 Å². The van der Waals surface area contributed by atoms with Gasteiger partial charge >= 0.3 is 0 Å². The molecule has 2 aromatic carbocycles. The Bertz CT molecular complexity index is 1060. The zero-order chi connectivity index (χ0) is 25.8. The quantitative estimate of drug-likeness (QED) is 0.426. The van der Waals surface area contributed by atoms with Gasteiger partial charge in [-0.25, -0.2) is 12.7 Å². The second-order valence-electron chi connectivity index (χ2n) is 8.33. The van der Waals surface area contributed by atoms with Gasteiger partial charge in [0.25, 0.3) is 0 Å². The van der Waals surface area contributed by atoms with Crippen molar-refractivity contribution in [2.24, 2.45) is 0 Å². The summed E-state index contributed by atoms with van der Waals surface area (Å²) in [6.45, 7) is 4.84. The van der Waals surface area contributed by atoms with Gasteiger partial charge in [0.2, 0.25) is 21.8 Å². The molecule has 0 unspecified atom stereocenters. The van der Waals surface area contributed by atoms with E-state index < -0.39 is 16.1 Å². The van der Waals surface area contributed by atoms with Gasteiger partial charge in [0.05, 0.1) is 12.0 Å². The number of hydrogen-bond acceptors (Lipinski definition) is 5. The minimum atomic E-state index is -3.63. The van der Waals surface area contributed by atoms with Gasteiger partial charge in [-0.3, -0.25) is 9.59 Å². The molecule has 0 aliphatic carbocycles. The second kappa shape index (κ2) is 13.8. The molecule has 0 aliphatic heterocycles. The smallest absolute Gasteiger partial charge is 0.242 e. The topological polar surface area (TPSA) is 96.0 Å². The first-order chi connectivity index (χ1) is 16.7. The van der Waals surface area contributed by atoms with Crippen LogP contribution in [0, 0.1) is 0 Å². The minimum Gasteiger partial charge on any atom is -0.497 e. The van der Waals surface area contributed by atoms with E-state index >= 15 is 0 Å². The first-order valence-corrected chi connectivity index (χ1v) is 13.4. The van der Waals surface area contributed by atoms with E-state index in [2.05, 4.69) is 5.32 Å². The second-order valence-corrected chi connectivity index (χ2v) is 10.4. The van der Waals surface area contributed by atoms with Gasteiger partial charge in [-0.05, 0) is 49.1 Å². The molecule has 2 amide bonds. The first kappa shape index (κ1) is 28.3. The number of nitrogens with zero attached hydrogens (tertiary/aromatic N) is 2. The first-order valence-electron chi connectivity index (χ1n) is 12.0. The van der Waals surface area contributed by atoms with Gasteiger partial charge in [-0.2, -0.15) is 0 Å². The molecule has 0 saturated carbocycles. The molecule has 0 fully saturated rings. The van der Waals surface area contributed by atoms with Crippen molar-refractivity contribution >= 4 is 21.8 Å². The molecule has 1 atom stereocenters. The van der Waals surface area contributed by atoms with Crippen molar-refractivity contribution in [3.8, 4) is 5.75 Å². The molecular weight excluding hydrogens is 466 g/mol. The predicted molar refractivity (Wildman–Crippen MR) is 136 cm³/mol. The lowest BCUT2D eigenvalue weighted by Crippen LogP contribution is -2.49. The Balaban J connectivity index is 2.13. The molecule has 0 heterocycles. The lowest BCUT2D eigenvalue weighted by Gasteiger charge is -2.31. The number of sulfonamides is 1. The predicted octanol–water partition coefficient (Wildman–Crippen LogP) is 3.43. The highest BCUT2D eigenvalue weighted by molar-refractivity contribution is 7.89. The van der Waals surface area contributed by atoms with Crippen LogP contribution in [-0.4, -0.2) is 62.7 Å². The van der Waals surface area contributed by atoms with E-state index in [1.54, 1.807) is 42.3 Å². The fourth-order valence-corrected chi connectivity index (χ4v) is 4.97. The number of carbonyl (C=O) groups excluding carboxylic acids is 2. The van der Waals surface area contributed by atoms with E-state index in [4.69, 9.17) is 4.74 Å². The van der Waals surface area contributed by atoms with Crippen LogP contribution in [-0.2, 0) is 26.2 Å². The number of methoxy groups -OCH3 is 1. The molecule has 0 spiro atoms. The van der Waals surface area contributed by atoms with Crippen LogP contribution in [0.25, 0.3) is 0 Å². The van der Waals surface area contributed by atoms with Crippen molar-refractivity contribution in [3.63, 3.8) is 0 Å². The Morgan fingerprint density at radius 3 is 2.40 bits per heavy atom. The summed E-state index contributed by atoms with van der Waals surface area (Å²) in [4.78, 5) is 28.0. The molecular formula is C26H37N3O5S. The fraction of sp³-hybridized carbons (Fsp3) is 0.462. The van der Waals surface area contributed by atoms with E-state index in [9.17, 15) is 18.0 Å². The minimum absolute atomic E-state index is 0.121. The van der Waals surface area contributed by atoms with Crippen LogP contribution >= 0.6 is 0 Å². The zero-order valence-electron chi connectivity index (χ0n) is 21.1. The molecule has 0 aliphatic rings. The monoisotopic (exact) mass is 503 g/mol. The average Bonchev–Trinajstić information content (AvgIpc) is 2.87. The van der Waals surface area contributed by atoms with Crippen molar-refractivity contribution in [3.05, 3.63) is 60.2 Å². The van der Waals surface area contributed by atoms with Gasteiger partial charge in [0, 0.05) is 33.1 Å². The van der Waals surface area contributed by atoms with Crippen molar-refractivity contribution in [2.45, 2.75) is 57.0 Å². The van der Waals surface area contributed by atoms with Crippen LogP contribution < -0.4 is 10.1 Å². The molecule has 0 saturated heterocycles. The summed E-state index contributed by atoms with van der Waals surface area (Å²) in [5, 5.41) is 2.89. The van der Waals surface area contributed by atoms with E-state index in [0.717, 1.165) is 12.0 Å². The number of amides is 2. The summed E-state index contributed by atoms with van der Waals surface area (Å²) < 4.78 is 32.1. The van der Waals surface area contributed by atoms with Gasteiger partial charge in [-0.15, -0.1) is 0 Å². The van der Waals surface area contributed by atoms with Crippen LogP contribution in [0.2, 0.25) is 0 Å². The van der Waals surface area contributed by atoms with Gasteiger partial charge in [0.1, 0.15) is 11.8 Å². The number of carbonyl (C=O) groups is 2. The summed E-state index contributed by atoms with van der Waals surface area (Å²) in [6.07, 6.45) is 1.72. The van der Waals surface area contributed by atoms with E-state index in [-0.39, 0.29) is 36.2 Å². The number of hydrogen-bond donors (Lipinski definition) is 1. The Hall–Kier alpha value is -2.91. The molecule has 2 rings (SSSR count). The van der Waals surface area contributed by atoms with Crippen LogP contribution in [0.1, 0.15) is 45.1 Å². The zero-order valence-corrected chi connectivity index (χ0v) is 21.9. The third-order valence-electron chi connectivity index (χ3n) is 5.74. The maximum Gasteiger partial charge on any atom is 0.242 e. The molecule has 192 valence electrons. The highest BCUT2D eigenvalue weighted by Gasteiger charge is 2.28. The fourth-order valence-electron chi connectivity index (χ4n) is 3.74. The average molecular weight is 504 g/mol. The van der Waals surface area contributed by atoms with Crippen LogP contribution in [0.4, 0.5) is 0 Å². The SMILES string of the molecule is CCCNC(=O)[C@H](CC)N(Cc1cccc(OC)c1)C(=O)CCCN(C)S(=O)(=O)c1ccccc1. The Morgan fingerprint density at radius 1 is 1.06 bits per heavy atom. The summed E-state index contributed by atoms with van der Waals surface area (Å²) in [5.74, 6) is 0.289. The van der Waals surface area contributed by atoms with Gasteiger partial charge in [-0.1, -0.05) is 44.2 Å². The summed E-state index contributed by atoms with van der Waals surface area (Å²) in [7, 11) is -0.541. The molecule has 9 heteroatoms. The van der Waals surface area contributed by atoms with E-state index in [0.29, 0.717) is 25.1 Å². The Labute approximate surface area is 209 Å². The van der Waals surface area contributed by atoms with Crippen molar-refractivity contribution in [1.29, 1.82) is 0 Å². The molecule has 0 bridgehead atoms. The van der Waals surface area contributed by atoms with Crippen molar-refractivity contribution in [1.82, 2.24) is 14.5 Å². The van der Waals surface area contributed by atoms with Crippen molar-refractivity contribution < 1.29 is 22.7 Å². The summed E-state index contributed by atoms with van der Waals surface area (Å²) in [5.41, 5.74) is 0.850.